The van der Waals surface area contributed by atoms with Crippen LogP contribution in [-0.4, -0.2) is 66.0 Å². The van der Waals surface area contributed by atoms with E-state index >= 15 is 4.39 Å². The molecule has 1 fully saturated rings. The molecular weight excluding hydrogens is 555 g/mol. The van der Waals surface area contributed by atoms with Gasteiger partial charge in [-0.05, 0) is 30.7 Å². The molecule has 40 heavy (non-hydrogen) atoms. The maximum absolute atomic E-state index is 15.2. The topological polar surface area (TPSA) is 67.7 Å². The second-order valence-corrected chi connectivity index (χ2v) is 10.7. The fraction of sp³-hybridized carbons (Fsp3) is 0.370. The summed E-state index contributed by atoms with van der Waals surface area (Å²) in [7, 11) is 1.45. The number of anilines is 1. The molecule has 1 saturated heterocycles. The molecule has 0 unspecified atom stereocenters. The van der Waals surface area contributed by atoms with E-state index in [0.29, 0.717) is 6.07 Å². The van der Waals surface area contributed by atoms with E-state index in [1.54, 1.807) is 9.80 Å². The summed E-state index contributed by atoms with van der Waals surface area (Å²) in [4.78, 5) is 33.0. The Bertz CT molecular complexity index is 1560. The molecule has 1 amide bonds. The van der Waals surface area contributed by atoms with Crippen LogP contribution in [0.5, 0.6) is 0 Å². The molecule has 3 heterocycles. The van der Waals surface area contributed by atoms with Gasteiger partial charge in [-0.25, -0.2) is 13.6 Å². The molecule has 1 aromatic heterocycles. The summed E-state index contributed by atoms with van der Waals surface area (Å²) in [6, 6.07) is 1.89. The van der Waals surface area contributed by atoms with Crippen molar-refractivity contribution in [3.05, 3.63) is 64.1 Å². The van der Waals surface area contributed by atoms with E-state index in [9.17, 15) is 27.2 Å². The van der Waals surface area contributed by atoms with E-state index in [-0.39, 0.29) is 77.2 Å². The zero-order valence-electron chi connectivity index (χ0n) is 21.6. The molecule has 7 nitrogen and oxygen atoms in total. The first-order valence-electron chi connectivity index (χ1n) is 12.4. The third kappa shape index (κ3) is 4.74. The Morgan fingerprint density at radius 1 is 1.18 bits per heavy atom. The van der Waals surface area contributed by atoms with Crippen molar-refractivity contribution in [3.8, 4) is 11.1 Å². The maximum Gasteiger partial charge on any atom is 0.417 e. The Balaban J connectivity index is 1.84. The molecule has 2 aliphatic rings. The lowest BCUT2D eigenvalue weighted by molar-refractivity contribution is -0.137. The average Bonchev–Trinajstić information content (AvgIpc) is 2.90. The number of carbonyl (C=O) groups excluding carboxylic acids is 1. The van der Waals surface area contributed by atoms with Crippen molar-refractivity contribution in [2.75, 3.05) is 50.5 Å². The molecule has 0 saturated carbocycles. The number of amides is 1. The predicted octanol–water partition coefficient (Wildman–Crippen LogP) is 4.80. The van der Waals surface area contributed by atoms with Crippen molar-refractivity contribution in [3.63, 3.8) is 0 Å². The van der Waals surface area contributed by atoms with Crippen LogP contribution < -0.4 is 10.6 Å². The van der Waals surface area contributed by atoms with Crippen LogP contribution in [0, 0.1) is 18.6 Å². The number of thioether (sulfide) groups is 1. The molecule has 5 rings (SSSR count). The van der Waals surface area contributed by atoms with Gasteiger partial charge in [0.15, 0.2) is 0 Å². The minimum absolute atomic E-state index is 0.00982. The lowest BCUT2D eigenvalue weighted by atomic mass is 9.92. The van der Waals surface area contributed by atoms with E-state index in [2.05, 4.69) is 11.6 Å². The van der Waals surface area contributed by atoms with Gasteiger partial charge in [-0.2, -0.15) is 18.2 Å². The normalized spacial score (nSPS) is 17.4. The van der Waals surface area contributed by atoms with Crippen LogP contribution in [0.25, 0.3) is 22.0 Å². The Hall–Kier alpha value is -3.45. The van der Waals surface area contributed by atoms with Crippen LogP contribution in [0.3, 0.4) is 0 Å². The number of piperazine rings is 1. The highest BCUT2D eigenvalue weighted by Crippen LogP contribution is 2.51. The van der Waals surface area contributed by atoms with Crippen LogP contribution >= 0.6 is 11.8 Å². The number of methoxy groups -OCH3 is 1. The Kier molecular flexibility index (Phi) is 7.38. The third-order valence-corrected chi connectivity index (χ3v) is 8.40. The quantitative estimate of drug-likeness (QED) is 0.319. The van der Waals surface area contributed by atoms with Gasteiger partial charge in [-0.15, -0.1) is 11.8 Å². The van der Waals surface area contributed by atoms with Crippen molar-refractivity contribution in [2.24, 2.45) is 0 Å². The number of alkyl halides is 3. The first-order valence-corrected chi connectivity index (χ1v) is 13.4. The fourth-order valence-electron chi connectivity index (χ4n) is 5.41. The number of benzene rings is 2. The lowest BCUT2D eigenvalue weighted by Crippen LogP contribution is -2.49. The number of halogens is 5. The minimum Gasteiger partial charge on any atom is -0.383 e. The first-order chi connectivity index (χ1) is 19.0. The van der Waals surface area contributed by atoms with Crippen LogP contribution in [0.1, 0.15) is 17.2 Å². The Labute approximate surface area is 230 Å². The van der Waals surface area contributed by atoms with Gasteiger partial charge in [0, 0.05) is 66.5 Å². The van der Waals surface area contributed by atoms with Gasteiger partial charge in [0.25, 0.3) is 0 Å². The zero-order valence-corrected chi connectivity index (χ0v) is 22.5. The predicted molar refractivity (Wildman–Crippen MR) is 142 cm³/mol. The fourth-order valence-corrected chi connectivity index (χ4v) is 6.71. The van der Waals surface area contributed by atoms with E-state index in [1.807, 2.05) is 0 Å². The zero-order chi connectivity index (χ0) is 28.9. The van der Waals surface area contributed by atoms with Crippen LogP contribution in [0.2, 0.25) is 0 Å². The van der Waals surface area contributed by atoms with Crippen molar-refractivity contribution in [1.29, 1.82) is 0 Å². The second kappa shape index (κ2) is 10.5. The van der Waals surface area contributed by atoms with Gasteiger partial charge in [-0.3, -0.25) is 9.36 Å². The lowest BCUT2D eigenvalue weighted by Gasteiger charge is -2.37. The van der Waals surface area contributed by atoms with Gasteiger partial charge in [0.2, 0.25) is 5.91 Å². The highest BCUT2D eigenvalue weighted by Gasteiger charge is 2.40. The highest BCUT2D eigenvalue weighted by atomic mass is 32.2. The second-order valence-electron chi connectivity index (χ2n) is 9.63. The van der Waals surface area contributed by atoms with Gasteiger partial charge in [-0.1, -0.05) is 6.58 Å². The third-order valence-electron chi connectivity index (χ3n) is 7.16. The van der Waals surface area contributed by atoms with Crippen LogP contribution in [0.15, 0.2) is 40.5 Å². The standard InChI is InChI=1S/C27H25F5N4O3S/c1-4-20(37)34-5-7-35(8-6-34)25-17-11-18(27(30,31)32)22(21-14(2)9-15(28)10-19(21)29)24-23(17)36(26(38)33-25)16(12-39-3)13-40-24/h4,9-11,16H,1,5-8,12-13H2,2-3H3/t16-/m0/s1. The van der Waals surface area contributed by atoms with Gasteiger partial charge in [0.05, 0.1) is 23.7 Å². The first kappa shape index (κ1) is 28.1. The summed E-state index contributed by atoms with van der Waals surface area (Å²) in [5.41, 5.74) is -2.44. The monoisotopic (exact) mass is 580 g/mol. The molecule has 13 heteroatoms. The minimum atomic E-state index is -4.91. The van der Waals surface area contributed by atoms with Crippen molar-refractivity contribution >= 4 is 34.4 Å². The molecule has 0 aliphatic carbocycles. The summed E-state index contributed by atoms with van der Waals surface area (Å²) >= 11 is 1.06. The van der Waals surface area contributed by atoms with E-state index in [1.165, 1.54) is 24.7 Å². The van der Waals surface area contributed by atoms with Crippen molar-refractivity contribution in [1.82, 2.24) is 14.5 Å². The molecular formula is C27H25F5N4O3S. The van der Waals surface area contributed by atoms with Gasteiger partial charge in [0.1, 0.15) is 17.5 Å². The molecule has 0 bridgehead atoms. The Morgan fingerprint density at radius 3 is 2.48 bits per heavy atom. The summed E-state index contributed by atoms with van der Waals surface area (Å²) < 4.78 is 79.8. The molecule has 0 N–H and O–H groups in total. The van der Waals surface area contributed by atoms with E-state index in [4.69, 9.17) is 4.74 Å². The Morgan fingerprint density at radius 2 is 1.88 bits per heavy atom. The number of carbonyl (C=O) groups is 1. The molecule has 0 spiro atoms. The largest absolute Gasteiger partial charge is 0.417 e. The summed E-state index contributed by atoms with van der Waals surface area (Å²) in [6.07, 6.45) is -3.73. The number of hydrogen-bond donors (Lipinski definition) is 0. The van der Waals surface area contributed by atoms with Gasteiger partial charge >= 0.3 is 11.9 Å². The summed E-state index contributed by atoms with van der Waals surface area (Å²) in [5.74, 6) is -2.09. The molecule has 0 radical (unpaired) electrons. The number of nitrogens with zero attached hydrogens (tertiary/aromatic N) is 4. The van der Waals surface area contributed by atoms with Crippen LogP contribution in [0.4, 0.5) is 27.8 Å². The number of aromatic nitrogens is 2. The van der Waals surface area contributed by atoms with E-state index in [0.717, 1.165) is 23.9 Å². The van der Waals surface area contributed by atoms with Crippen molar-refractivity contribution < 1.29 is 31.5 Å². The van der Waals surface area contributed by atoms with Crippen molar-refractivity contribution in [2.45, 2.75) is 24.0 Å². The molecule has 3 aromatic rings. The molecule has 2 aromatic carbocycles. The van der Waals surface area contributed by atoms with E-state index < -0.39 is 40.7 Å². The smallest absolute Gasteiger partial charge is 0.383 e. The molecule has 2 aliphatic heterocycles. The molecule has 212 valence electrons. The number of ether oxygens (including phenoxy) is 1. The molecule has 1 atom stereocenters. The SMILES string of the molecule is C=CC(=O)N1CCN(c2nc(=O)n3c4c(c(-c5c(C)cc(F)cc5F)c(C(F)(F)F)cc24)SC[C@@H]3COC)CC1. The summed E-state index contributed by atoms with van der Waals surface area (Å²) in [6.45, 7) is 5.89. The highest BCUT2D eigenvalue weighted by molar-refractivity contribution is 7.99. The number of hydrogen-bond acceptors (Lipinski definition) is 6. The summed E-state index contributed by atoms with van der Waals surface area (Å²) in [5, 5.41) is 0.0719. The number of rotatable bonds is 5. The average molecular weight is 581 g/mol. The maximum atomic E-state index is 15.2. The number of aryl methyl sites for hydroxylation is 1. The van der Waals surface area contributed by atoms with Gasteiger partial charge < -0.3 is 14.5 Å². The van der Waals surface area contributed by atoms with Crippen LogP contribution in [-0.2, 0) is 15.7 Å².